The number of aromatic hydroxyl groups is 1. The van der Waals surface area contributed by atoms with Gasteiger partial charge in [0.05, 0.1) is 0 Å². The maximum absolute atomic E-state index is 13.0. The van der Waals surface area contributed by atoms with E-state index in [1.165, 1.54) is 12.1 Å². The smallest absolute Gasteiger partial charge is 0.420 e. The van der Waals surface area contributed by atoms with Gasteiger partial charge in [-0.25, -0.2) is 0 Å². The van der Waals surface area contributed by atoms with Crippen molar-refractivity contribution >= 4 is 16.7 Å². The summed E-state index contributed by atoms with van der Waals surface area (Å²) in [5.74, 6) is -1.65. The summed E-state index contributed by atoms with van der Waals surface area (Å²) in [5.41, 5.74) is -0.248. The van der Waals surface area contributed by atoms with Crippen LogP contribution < -0.4 is 5.32 Å². The van der Waals surface area contributed by atoms with Crippen LogP contribution in [-0.2, 0) is 17.5 Å². The maximum atomic E-state index is 13.0. The number of nitrogens with one attached hydrogen (secondary N) is 1. The van der Waals surface area contributed by atoms with Crippen molar-refractivity contribution in [1.29, 1.82) is 0 Å². The summed E-state index contributed by atoms with van der Waals surface area (Å²) in [6, 6.07) is 6.99. The standard InChI is InChI=1S/C16H16F3NO3/c17-16(18,19)15-12-5-3-10(8-11(12)4-6-13(15)21)9-20-7-1-2-14(22)23/h3-6,8,20-21H,1-2,7,9H2,(H,22,23). The maximum Gasteiger partial charge on any atom is 0.420 e. The molecule has 0 heterocycles. The molecule has 23 heavy (non-hydrogen) atoms. The van der Waals surface area contributed by atoms with Crippen molar-refractivity contribution in [3.8, 4) is 5.75 Å². The summed E-state index contributed by atoms with van der Waals surface area (Å²) in [4.78, 5) is 10.4. The normalized spacial score (nSPS) is 11.8. The first-order valence-corrected chi connectivity index (χ1v) is 7.03. The first kappa shape index (κ1) is 17.1. The Labute approximate surface area is 130 Å². The zero-order valence-corrected chi connectivity index (χ0v) is 12.2. The molecule has 124 valence electrons. The van der Waals surface area contributed by atoms with Crippen LogP contribution in [0.4, 0.5) is 13.2 Å². The number of carboxylic acid groups (broad SMARTS) is 1. The third kappa shape index (κ3) is 4.35. The second kappa shape index (κ2) is 6.87. The number of halogens is 3. The van der Waals surface area contributed by atoms with Gasteiger partial charge in [0, 0.05) is 13.0 Å². The van der Waals surface area contributed by atoms with Gasteiger partial charge in [-0.1, -0.05) is 18.2 Å². The lowest BCUT2D eigenvalue weighted by atomic mass is 10.0. The van der Waals surface area contributed by atoms with Crippen molar-refractivity contribution in [2.45, 2.75) is 25.6 Å². The van der Waals surface area contributed by atoms with E-state index in [1.54, 1.807) is 12.1 Å². The number of phenolic OH excluding ortho intramolecular Hbond substituents is 1. The Morgan fingerprint density at radius 2 is 1.91 bits per heavy atom. The highest BCUT2D eigenvalue weighted by Gasteiger charge is 2.35. The second-order valence-electron chi connectivity index (χ2n) is 5.19. The molecule has 0 fully saturated rings. The lowest BCUT2D eigenvalue weighted by Crippen LogP contribution is -2.15. The van der Waals surface area contributed by atoms with Crippen molar-refractivity contribution in [3.05, 3.63) is 41.5 Å². The number of fused-ring (bicyclic) bond motifs is 1. The minimum Gasteiger partial charge on any atom is -0.507 e. The Morgan fingerprint density at radius 1 is 1.17 bits per heavy atom. The van der Waals surface area contributed by atoms with Gasteiger partial charge in [0.2, 0.25) is 0 Å². The molecular weight excluding hydrogens is 311 g/mol. The number of carbonyl (C=O) groups is 1. The summed E-state index contributed by atoms with van der Waals surface area (Å²) in [5, 5.41) is 21.4. The average molecular weight is 327 g/mol. The molecule has 0 aliphatic rings. The number of carboxylic acids is 1. The molecule has 2 aromatic carbocycles. The third-order valence-corrected chi connectivity index (χ3v) is 3.42. The van der Waals surface area contributed by atoms with Crippen LogP contribution in [-0.4, -0.2) is 22.7 Å². The molecule has 0 aliphatic carbocycles. The summed E-state index contributed by atoms with van der Waals surface area (Å²) in [7, 11) is 0. The SMILES string of the molecule is O=C(O)CCCNCc1ccc2c(C(F)(F)F)c(O)ccc2c1. The van der Waals surface area contributed by atoms with Crippen LogP contribution in [0.3, 0.4) is 0 Å². The Kier molecular flexibility index (Phi) is 5.10. The van der Waals surface area contributed by atoms with Gasteiger partial charge in [0.1, 0.15) is 11.3 Å². The Balaban J connectivity index is 2.14. The highest BCUT2D eigenvalue weighted by Crippen LogP contribution is 2.40. The second-order valence-corrected chi connectivity index (χ2v) is 5.19. The van der Waals surface area contributed by atoms with Crippen LogP contribution in [0.5, 0.6) is 5.75 Å². The predicted molar refractivity (Wildman–Crippen MR) is 79.2 cm³/mol. The molecule has 0 aromatic heterocycles. The van der Waals surface area contributed by atoms with Gasteiger partial charge in [0.15, 0.2) is 0 Å². The number of rotatable bonds is 6. The minimum atomic E-state index is -4.62. The van der Waals surface area contributed by atoms with Crippen molar-refractivity contribution in [1.82, 2.24) is 5.32 Å². The molecule has 0 spiro atoms. The van der Waals surface area contributed by atoms with E-state index < -0.39 is 23.5 Å². The van der Waals surface area contributed by atoms with Gasteiger partial charge in [0.25, 0.3) is 0 Å². The van der Waals surface area contributed by atoms with Crippen molar-refractivity contribution < 1.29 is 28.2 Å². The van der Waals surface area contributed by atoms with Gasteiger partial charge < -0.3 is 15.5 Å². The molecule has 0 atom stereocenters. The van der Waals surface area contributed by atoms with Gasteiger partial charge in [-0.05, 0) is 41.4 Å². The van der Waals surface area contributed by atoms with Crippen LogP contribution in [0, 0.1) is 0 Å². The van der Waals surface area contributed by atoms with Gasteiger partial charge in [-0.3, -0.25) is 4.79 Å². The van der Waals surface area contributed by atoms with Gasteiger partial charge in [-0.2, -0.15) is 13.2 Å². The van der Waals surface area contributed by atoms with E-state index in [4.69, 9.17) is 5.11 Å². The average Bonchev–Trinajstić information content (AvgIpc) is 2.45. The fraction of sp³-hybridized carbons (Fsp3) is 0.312. The minimum absolute atomic E-state index is 0.0490. The molecule has 0 aliphatic heterocycles. The topological polar surface area (TPSA) is 69.6 Å². The van der Waals surface area contributed by atoms with E-state index >= 15 is 0 Å². The molecule has 0 bridgehead atoms. The van der Waals surface area contributed by atoms with E-state index in [1.807, 2.05) is 0 Å². The summed E-state index contributed by atoms with van der Waals surface area (Å²) in [6.07, 6.45) is -4.08. The number of hydrogen-bond donors (Lipinski definition) is 3. The monoisotopic (exact) mass is 327 g/mol. The highest BCUT2D eigenvalue weighted by atomic mass is 19.4. The first-order chi connectivity index (χ1) is 10.8. The Hall–Kier alpha value is -2.28. The van der Waals surface area contributed by atoms with E-state index in [-0.39, 0.29) is 11.8 Å². The van der Waals surface area contributed by atoms with E-state index in [2.05, 4.69) is 5.32 Å². The largest absolute Gasteiger partial charge is 0.507 e. The molecule has 0 saturated carbocycles. The van der Waals surface area contributed by atoms with Crippen molar-refractivity contribution in [3.63, 3.8) is 0 Å². The summed E-state index contributed by atoms with van der Waals surface area (Å²) >= 11 is 0. The Bertz CT molecular complexity index is 714. The van der Waals surface area contributed by atoms with Crippen LogP contribution in [0.25, 0.3) is 10.8 Å². The van der Waals surface area contributed by atoms with E-state index in [0.717, 1.165) is 11.6 Å². The third-order valence-electron chi connectivity index (χ3n) is 3.42. The van der Waals surface area contributed by atoms with E-state index in [9.17, 15) is 23.1 Å². The number of benzene rings is 2. The highest BCUT2D eigenvalue weighted by molar-refractivity contribution is 5.88. The Morgan fingerprint density at radius 3 is 2.57 bits per heavy atom. The quantitative estimate of drug-likeness (QED) is 0.710. The van der Waals surface area contributed by atoms with Crippen LogP contribution >= 0.6 is 0 Å². The molecule has 2 aromatic rings. The van der Waals surface area contributed by atoms with Crippen LogP contribution in [0.1, 0.15) is 24.0 Å². The fourth-order valence-electron chi connectivity index (χ4n) is 2.37. The zero-order chi connectivity index (χ0) is 17.0. The van der Waals surface area contributed by atoms with Gasteiger partial charge in [-0.15, -0.1) is 0 Å². The number of aliphatic carboxylic acids is 1. The fourth-order valence-corrected chi connectivity index (χ4v) is 2.37. The molecular formula is C16H16F3NO3. The predicted octanol–water partition coefficient (Wildman–Crippen LogP) is 3.52. The van der Waals surface area contributed by atoms with Crippen LogP contribution in [0.15, 0.2) is 30.3 Å². The molecule has 0 radical (unpaired) electrons. The van der Waals surface area contributed by atoms with Crippen LogP contribution in [0.2, 0.25) is 0 Å². The van der Waals surface area contributed by atoms with Gasteiger partial charge >= 0.3 is 12.1 Å². The number of hydrogen-bond acceptors (Lipinski definition) is 3. The van der Waals surface area contributed by atoms with Crippen molar-refractivity contribution in [2.75, 3.05) is 6.54 Å². The molecule has 0 amide bonds. The number of phenols is 1. The van der Waals surface area contributed by atoms with E-state index in [0.29, 0.717) is 24.9 Å². The molecule has 7 heteroatoms. The molecule has 0 unspecified atom stereocenters. The summed E-state index contributed by atoms with van der Waals surface area (Å²) in [6.45, 7) is 0.936. The first-order valence-electron chi connectivity index (χ1n) is 7.03. The lowest BCUT2D eigenvalue weighted by Gasteiger charge is -2.13. The zero-order valence-electron chi connectivity index (χ0n) is 12.2. The molecule has 0 saturated heterocycles. The molecule has 3 N–H and O–H groups in total. The molecule has 2 rings (SSSR count). The molecule has 4 nitrogen and oxygen atoms in total. The van der Waals surface area contributed by atoms with Crippen molar-refractivity contribution in [2.24, 2.45) is 0 Å². The summed E-state index contributed by atoms with van der Waals surface area (Å²) < 4.78 is 39.0. The lowest BCUT2D eigenvalue weighted by molar-refractivity contribution is -0.138. The number of alkyl halides is 3.